The van der Waals surface area contributed by atoms with E-state index in [1.165, 1.54) is 12.8 Å². The van der Waals surface area contributed by atoms with Crippen molar-refractivity contribution in [3.63, 3.8) is 0 Å². The molecule has 1 aromatic carbocycles. The van der Waals surface area contributed by atoms with Gasteiger partial charge in [0.25, 0.3) is 0 Å². The van der Waals surface area contributed by atoms with E-state index in [9.17, 15) is 4.79 Å². The van der Waals surface area contributed by atoms with Crippen LogP contribution in [0.3, 0.4) is 0 Å². The molecule has 0 saturated carbocycles. The van der Waals surface area contributed by atoms with Crippen LogP contribution in [0.2, 0.25) is 0 Å². The van der Waals surface area contributed by atoms with E-state index in [-0.39, 0.29) is 0 Å². The zero-order valence-corrected chi connectivity index (χ0v) is 10.6. The highest BCUT2D eigenvalue weighted by atomic mass is 16.4. The van der Waals surface area contributed by atoms with Crippen molar-refractivity contribution in [1.29, 1.82) is 0 Å². The fraction of sp³-hybridized carbons (Fsp3) is 0.500. The average molecular weight is 233 g/mol. The molecule has 92 valence electrons. The molecule has 2 unspecified atom stereocenters. The second-order valence-corrected chi connectivity index (χ2v) is 4.94. The van der Waals surface area contributed by atoms with Gasteiger partial charge in [0.05, 0.1) is 5.56 Å². The van der Waals surface area contributed by atoms with Crippen molar-refractivity contribution in [3.05, 3.63) is 29.3 Å². The van der Waals surface area contributed by atoms with Gasteiger partial charge < -0.3 is 10.0 Å². The Morgan fingerprint density at radius 1 is 1.29 bits per heavy atom. The van der Waals surface area contributed by atoms with Crippen LogP contribution in [0.1, 0.15) is 42.6 Å². The third kappa shape index (κ3) is 2.02. The van der Waals surface area contributed by atoms with Crippen molar-refractivity contribution in [2.24, 2.45) is 0 Å². The summed E-state index contributed by atoms with van der Waals surface area (Å²) >= 11 is 0. The van der Waals surface area contributed by atoms with Crippen LogP contribution >= 0.6 is 0 Å². The topological polar surface area (TPSA) is 40.5 Å². The number of hydrogen-bond donors (Lipinski definition) is 1. The minimum Gasteiger partial charge on any atom is -0.478 e. The number of carbonyl (C=O) groups is 1. The molecule has 3 heteroatoms. The molecule has 0 amide bonds. The van der Waals surface area contributed by atoms with Gasteiger partial charge in [-0.3, -0.25) is 0 Å². The first-order valence-corrected chi connectivity index (χ1v) is 6.13. The number of rotatable bonds is 2. The Kier molecular flexibility index (Phi) is 3.09. The molecule has 2 rings (SSSR count). The van der Waals surface area contributed by atoms with Gasteiger partial charge in [-0.1, -0.05) is 6.07 Å². The maximum absolute atomic E-state index is 11.1. The van der Waals surface area contributed by atoms with Gasteiger partial charge in [-0.05, 0) is 51.3 Å². The lowest BCUT2D eigenvalue weighted by Gasteiger charge is -2.30. The van der Waals surface area contributed by atoms with Gasteiger partial charge in [-0.15, -0.1) is 0 Å². The monoisotopic (exact) mass is 233 g/mol. The maximum Gasteiger partial charge on any atom is 0.336 e. The van der Waals surface area contributed by atoms with Crippen LogP contribution in [0.15, 0.2) is 18.2 Å². The standard InChI is InChI=1S/C14H19NO2/c1-9-7-8-10(2)15(9)13-6-4-5-12(11(13)3)14(16)17/h4-6,9-10H,7-8H2,1-3H3,(H,16,17). The van der Waals surface area contributed by atoms with Crippen molar-refractivity contribution < 1.29 is 9.90 Å². The summed E-state index contributed by atoms with van der Waals surface area (Å²) in [5.74, 6) is -0.844. The summed E-state index contributed by atoms with van der Waals surface area (Å²) in [7, 11) is 0. The second-order valence-electron chi connectivity index (χ2n) is 4.94. The SMILES string of the molecule is Cc1c(C(=O)O)cccc1N1C(C)CCC1C. The molecule has 0 aliphatic carbocycles. The normalized spacial score (nSPS) is 24.1. The number of hydrogen-bond acceptors (Lipinski definition) is 2. The van der Waals surface area contributed by atoms with Crippen LogP contribution in [0.25, 0.3) is 0 Å². The molecule has 1 aliphatic rings. The molecule has 3 nitrogen and oxygen atoms in total. The summed E-state index contributed by atoms with van der Waals surface area (Å²) in [5, 5.41) is 9.15. The molecule has 1 heterocycles. The van der Waals surface area contributed by atoms with E-state index in [0.717, 1.165) is 11.3 Å². The second kappa shape index (κ2) is 4.40. The van der Waals surface area contributed by atoms with Crippen LogP contribution in [-0.4, -0.2) is 23.2 Å². The summed E-state index contributed by atoms with van der Waals surface area (Å²) in [6.45, 7) is 6.31. The first-order valence-electron chi connectivity index (χ1n) is 6.13. The molecule has 17 heavy (non-hydrogen) atoms. The van der Waals surface area contributed by atoms with E-state index < -0.39 is 5.97 Å². The van der Waals surface area contributed by atoms with Crippen molar-refractivity contribution in [2.75, 3.05) is 4.90 Å². The number of carboxylic acids is 1. The van der Waals surface area contributed by atoms with E-state index in [4.69, 9.17) is 5.11 Å². The zero-order chi connectivity index (χ0) is 12.6. The summed E-state index contributed by atoms with van der Waals surface area (Å²) in [6, 6.07) is 6.52. The largest absolute Gasteiger partial charge is 0.478 e. The van der Waals surface area contributed by atoms with Crippen molar-refractivity contribution >= 4 is 11.7 Å². The van der Waals surface area contributed by atoms with Gasteiger partial charge in [0, 0.05) is 17.8 Å². The van der Waals surface area contributed by atoms with Crippen LogP contribution in [0, 0.1) is 6.92 Å². The lowest BCUT2D eigenvalue weighted by molar-refractivity contribution is 0.0696. The number of nitrogens with zero attached hydrogens (tertiary/aromatic N) is 1. The minimum atomic E-state index is -0.844. The molecule has 1 aliphatic heterocycles. The molecule has 1 N–H and O–H groups in total. The highest BCUT2D eigenvalue weighted by Crippen LogP contribution is 2.33. The number of anilines is 1. The Balaban J connectivity index is 2.45. The molecule has 1 aromatic rings. The fourth-order valence-corrected chi connectivity index (χ4v) is 2.80. The summed E-state index contributed by atoms with van der Waals surface area (Å²) in [6.07, 6.45) is 2.36. The van der Waals surface area contributed by atoms with Crippen molar-refractivity contribution in [3.8, 4) is 0 Å². The molecule has 1 saturated heterocycles. The van der Waals surface area contributed by atoms with Gasteiger partial charge in [0.1, 0.15) is 0 Å². The van der Waals surface area contributed by atoms with E-state index in [1.807, 2.05) is 19.1 Å². The third-order valence-corrected chi connectivity index (χ3v) is 3.77. The molecule has 0 aromatic heterocycles. The number of aromatic carboxylic acids is 1. The molecule has 0 bridgehead atoms. The van der Waals surface area contributed by atoms with Crippen molar-refractivity contribution in [2.45, 2.75) is 45.7 Å². The van der Waals surface area contributed by atoms with Crippen LogP contribution < -0.4 is 4.90 Å². The first kappa shape index (κ1) is 12.0. The first-order chi connectivity index (χ1) is 8.02. The number of carboxylic acid groups (broad SMARTS) is 1. The maximum atomic E-state index is 11.1. The van der Waals surface area contributed by atoms with Crippen LogP contribution in [-0.2, 0) is 0 Å². The lowest BCUT2D eigenvalue weighted by atomic mass is 10.0. The fourth-order valence-electron chi connectivity index (χ4n) is 2.80. The summed E-state index contributed by atoms with van der Waals surface area (Å²) in [5.41, 5.74) is 2.36. The van der Waals surface area contributed by atoms with Gasteiger partial charge in [-0.2, -0.15) is 0 Å². The molecule has 2 atom stereocenters. The predicted octanol–water partition coefficient (Wildman–Crippen LogP) is 3.07. The third-order valence-electron chi connectivity index (χ3n) is 3.77. The Labute approximate surface area is 102 Å². The van der Waals surface area contributed by atoms with Crippen molar-refractivity contribution in [1.82, 2.24) is 0 Å². The predicted molar refractivity (Wildman–Crippen MR) is 68.8 cm³/mol. The summed E-state index contributed by atoms with van der Waals surface area (Å²) in [4.78, 5) is 13.5. The molecule has 1 fully saturated rings. The molecular weight excluding hydrogens is 214 g/mol. The molecule has 0 spiro atoms. The highest BCUT2D eigenvalue weighted by molar-refractivity contribution is 5.91. The Bertz CT molecular complexity index is 432. The average Bonchev–Trinajstić information content (AvgIpc) is 2.59. The minimum absolute atomic E-state index is 0.411. The van der Waals surface area contributed by atoms with E-state index in [1.54, 1.807) is 6.07 Å². The van der Waals surface area contributed by atoms with Crippen LogP contribution in [0.4, 0.5) is 5.69 Å². The van der Waals surface area contributed by atoms with E-state index in [2.05, 4.69) is 18.7 Å². The quantitative estimate of drug-likeness (QED) is 0.853. The van der Waals surface area contributed by atoms with E-state index >= 15 is 0 Å². The van der Waals surface area contributed by atoms with Gasteiger partial charge in [-0.25, -0.2) is 4.79 Å². The molecular formula is C14H19NO2. The van der Waals surface area contributed by atoms with Gasteiger partial charge in [0.2, 0.25) is 0 Å². The number of benzene rings is 1. The Hall–Kier alpha value is -1.51. The zero-order valence-electron chi connectivity index (χ0n) is 10.6. The Morgan fingerprint density at radius 2 is 1.88 bits per heavy atom. The Morgan fingerprint density at radius 3 is 2.41 bits per heavy atom. The van der Waals surface area contributed by atoms with E-state index in [0.29, 0.717) is 17.6 Å². The van der Waals surface area contributed by atoms with Gasteiger partial charge >= 0.3 is 5.97 Å². The lowest BCUT2D eigenvalue weighted by Crippen LogP contribution is -2.33. The highest BCUT2D eigenvalue weighted by Gasteiger charge is 2.29. The smallest absolute Gasteiger partial charge is 0.336 e. The summed E-state index contributed by atoms with van der Waals surface area (Å²) < 4.78 is 0. The molecule has 0 radical (unpaired) electrons. The van der Waals surface area contributed by atoms with Gasteiger partial charge in [0.15, 0.2) is 0 Å². The van der Waals surface area contributed by atoms with Crippen LogP contribution in [0.5, 0.6) is 0 Å².